The Bertz CT molecular complexity index is 1620. The summed E-state index contributed by atoms with van der Waals surface area (Å²) in [6.45, 7) is 4.88. The van der Waals surface area contributed by atoms with Crippen LogP contribution >= 0.6 is 15.6 Å². The number of unbranched alkanes of at least 4 members (excludes halogenated alkanes) is 40. The Balaban J connectivity index is 5.21. The first-order chi connectivity index (χ1) is 40.7. The number of ether oxygens (including phenoxy) is 4. The maximum Gasteiger partial charge on any atom is 0.472 e. The maximum atomic E-state index is 13.0. The molecule has 0 aromatic heterocycles. The molecule has 0 aliphatic heterocycles. The molecule has 84 heavy (non-hydrogen) atoms. The van der Waals surface area contributed by atoms with E-state index in [1.165, 1.54) is 167 Å². The van der Waals surface area contributed by atoms with Crippen molar-refractivity contribution in [2.24, 2.45) is 0 Å². The summed E-state index contributed by atoms with van der Waals surface area (Å²) in [7, 11) is -9.88. The van der Waals surface area contributed by atoms with Crippen LogP contribution in [0.4, 0.5) is 0 Å². The van der Waals surface area contributed by atoms with E-state index in [9.17, 15) is 43.2 Å². The zero-order chi connectivity index (χ0) is 61.9. The van der Waals surface area contributed by atoms with Gasteiger partial charge in [0, 0.05) is 25.7 Å². The number of aliphatic hydroxyl groups is 1. The minimum atomic E-state index is -4.94. The van der Waals surface area contributed by atoms with Crippen LogP contribution in [0.15, 0.2) is 0 Å². The normalized spacial score (nSPS) is 14.1. The molecule has 498 valence electrons. The highest BCUT2D eigenvalue weighted by atomic mass is 31.2. The summed E-state index contributed by atoms with van der Waals surface area (Å²) in [5, 5.41) is 10.5. The molecule has 0 rings (SSSR count). The van der Waals surface area contributed by atoms with E-state index < -0.39 is 97.5 Å². The molecule has 0 aromatic rings. The first-order valence-electron chi connectivity index (χ1n) is 34.3. The third kappa shape index (κ3) is 59.0. The number of phosphoric ester groups is 2. The molecule has 0 saturated carbocycles. The SMILES string of the molecule is CCCCCCCCCCCCCCCCCC(=O)O[C@H](COC(=O)CCCCCCCCCCC)COP(=O)(O)OC[C@@H](O)COP(=O)(O)OC[C@@H](COC(=O)CCCCCCCCCCCC)OC(=O)CCCCCCCCCCCC. The fourth-order valence-electron chi connectivity index (χ4n) is 9.81. The topological polar surface area (TPSA) is 237 Å². The monoisotopic (exact) mass is 1240 g/mol. The van der Waals surface area contributed by atoms with Crippen LogP contribution in [0.5, 0.6) is 0 Å². The Morgan fingerprint density at radius 3 is 0.702 bits per heavy atom. The molecule has 0 aliphatic rings. The van der Waals surface area contributed by atoms with Crippen LogP contribution in [0.2, 0.25) is 0 Å². The Morgan fingerprint density at radius 1 is 0.286 bits per heavy atom. The van der Waals surface area contributed by atoms with Gasteiger partial charge in [-0.1, -0.05) is 285 Å². The van der Waals surface area contributed by atoms with Crippen LogP contribution in [0, 0.1) is 0 Å². The lowest BCUT2D eigenvalue weighted by atomic mass is 10.0. The smallest absolute Gasteiger partial charge is 0.462 e. The molecule has 0 aliphatic carbocycles. The second-order valence-corrected chi connectivity index (χ2v) is 26.4. The summed E-state index contributed by atoms with van der Waals surface area (Å²) in [4.78, 5) is 72.2. The van der Waals surface area contributed by atoms with Crippen molar-refractivity contribution in [1.82, 2.24) is 0 Å². The van der Waals surface area contributed by atoms with E-state index in [-0.39, 0.29) is 25.7 Å². The minimum Gasteiger partial charge on any atom is -0.462 e. The second-order valence-electron chi connectivity index (χ2n) is 23.5. The molecule has 0 spiro atoms. The van der Waals surface area contributed by atoms with Crippen molar-refractivity contribution in [3.8, 4) is 0 Å². The molecule has 0 bridgehead atoms. The van der Waals surface area contributed by atoms with Crippen molar-refractivity contribution in [2.45, 2.75) is 354 Å². The van der Waals surface area contributed by atoms with Gasteiger partial charge in [-0.25, -0.2) is 9.13 Å². The molecule has 0 radical (unpaired) electrons. The van der Waals surface area contributed by atoms with E-state index in [0.29, 0.717) is 25.7 Å². The summed E-state index contributed by atoms with van der Waals surface area (Å²) in [5.41, 5.74) is 0. The van der Waals surface area contributed by atoms with Gasteiger partial charge < -0.3 is 33.8 Å². The van der Waals surface area contributed by atoms with Crippen LogP contribution in [0.1, 0.15) is 336 Å². The van der Waals surface area contributed by atoms with Crippen molar-refractivity contribution in [3.63, 3.8) is 0 Å². The van der Waals surface area contributed by atoms with Crippen LogP contribution in [-0.2, 0) is 65.4 Å². The number of rotatable bonds is 66. The molecular formula is C65H126O17P2. The predicted octanol–water partition coefficient (Wildman–Crippen LogP) is 18.3. The predicted molar refractivity (Wildman–Crippen MR) is 335 cm³/mol. The quantitative estimate of drug-likeness (QED) is 0.0222. The van der Waals surface area contributed by atoms with Crippen LogP contribution in [0.25, 0.3) is 0 Å². The molecular weight excluding hydrogens is 1110 g/mol. The highest BCUT2D eigenvalue weighted by molar-refractivity contribution is 7.47. The van der Waals surface area contributed by atoms with Crippen LogP contribution in [-0.4, -0.2) is 96.7 Å². The van der Waals surface area contributed by atoms with Crippen LogP contribution in [0.3, 0.4) is 0 Å². The van der Waals surface area contributed by atoms with Crippen molar-refractivity contribution in [3.05, 3.63) is 0 Å². The van der Waals surface area contributed by atoms with Gasteiger partial charge in [-0.2, -0.15) is 0 Å². The summed E-state index contributed by atoms with van der Waals surface area (Å²) in [5.74, 6) is -2.13. The average molecular weight is 1240 g/mol. The highest BCUT2D eigenvalue weighted by Gasteiger charge is 2.30. The van der Waals surface area contributed by atoms with Crippen molar-refractivity contribution < 1.29 is 80.2 Å². The number of hydrogen-bond acceptors (Lipinski definition) is 15. The third-order valence-electron chi connectivity index (χ3n) is 15.1. The standard InChI is InChI=1S/C65H126O17P2/c1-5-9-13-17-21-25-28-29-30-31-32-36-40-44-48-52-65(70)82-60(55-75-62(67)49-45-41-37-33-24-20-16-12-8-4)57-79-83(71,72)77-53-59(66)54-78-84(73,74)80-58-61(81-64(69)51-47-43-39-35-27-23-19-15-11-7-3)56-76-63(68)50-46-42-38-34-26-22-18-14-10-6-2/h59-61,66H,5-58H2,1-4H3,(H,71,72)(H,73,74)/t59-,60-,61-/m1/s1. The summed E-state index contributed by atoms with van der Waals surface area (Å²) >= 11 is 0. The van der Waals surface area contributed by atoms with E-state index in [4.69, 9.17) is 37.0 Å². The van der Waals surface area contributed by atoms with E-state index in [1.807, 2.05) is 0 Å². The Labute approximate surface area is 511 Å². The summed E-state index contributed by atoms with van der Waals surface area (Å²) in [6, 6.07) is 0. The largest absolute Gasteiger partial charge is 0.472 e. The molecule has 0 saturated heterocycles. The molecule has 0 aromatic carbocycles. The zero-order valence-electron chi connectivity index (χ0n) is 53.9. The van der Waals surface area contributed by atoms with Crippen LogP contribution < -0.4 is 0 Å². The second kappa shape index (κ2) is 60.0. The van der Waals surface area contributed by atoms with Crippen molar-refractivity contribution in [1.29, 1.82) is 0 Å². The molecule has 3 N–H and O–H groups in total. The lowest BCUT2D eigenvalue weighted by molar-refractivity contribution is -0.161. The van der Waals surface area contributed by atoms with Gasteiger partial charge in [0.25, 0.3) is 0 Å². The highest BCUT2D eigenvalue weighted by Crippen LogP contribution is 2.45. The molecule has 2 unspecified atom stereocenters. The first-order valence-corrected chi connectivity index (χ1v) is 37.3. The molecule has 0 heterocycles. The number of hydrogen-bond donors (Lipinski definition) is 3. The number of carbonyl (C=O) groups excluding carboxylic acids is 4. The van der Waals surface area contributed by atoms with Crippen molar-refractivity contribution >= 4 is 39.5 Å². The van der Waals surface area contributed by atoms with E-state index in [1.54, 1.807) is 0 Å². The van der Waals surface area contributed by atoms with E-state index in [0.717, 1.165) is 89.9 Å². The first kappa shape index (κ1) is 82.1. The number of carbonyl (C=O) groups is 4. The van der Waals surface area contributed by atoms with Gasteiger partial charge >= 0.3 is 39.5 Å². The van der Waals surface area contributed by atoms with Gasteiger partial charge in [0.2, 0.25) is 0 Å². The van der Waals surface area contributed by atoms with Gasteiger partial charge in [-0.15, -0.1) is 0 Å². The minimum absolute atomic E-state index is 0.107. The number of phosphoric acid groups is 2. The molecule has 19 heteroatoms. The average Bonchev–Trinajstić information content (AvgIpc) is 3.64. The lowest BCUT2D eigenvalue weighted by Gasteiger charge is -2.21. The van der Waals surface area contributed by atoms with Gasteiger partial charge in [0.1, 0.15) is 19.3 Å². The van der Waals surface area contributed by atoms with Gasteiger partial charge in [-0.3, -0.25) is 37.3 Å². The molecule has 5 atom stereocenters. The fraction of sp³-hybridized carbons (Fsp3) is 0.938. The lowest BCUT2D eigenvalue weighted by Crippen LogP contribution is -2.30. The summed E-state index contributed by atoms with van der Waals surface area (Å²) in [6.07, 6.45) is 45.7. The van der Waals surface area contributed by atoms with Gasteiger partial charge in [0.05, 0.1) is 26.4 Å². The Kier molecular flexibility index (Phi) is 58.6. The van der Waals surface area contributed by atoms with Crippen molar-refractivity contribution in [2.75, 3.05) is 39.6 Å². The maximum absolute atomic E-state index is 13.0. The molecule has 0 fully saturated rings. The zero-order valence-corrected chi connectivity index (χ0v) is 55.7. The Hall–Kier alpha value is -1.94. The third-order valence-corrected chi connectivity index (χ3v) is 17.0. The van der Waals surface area contributed by atoms with E-state index in [2.05, 4.69) is 27.7 Å². The molecule has 0 amide bonds. The number of esters is 4. The van der Waals surface area contributed by atoms with E-state index >= 15 is 0 Å². The molecule has 17 nitrogen and oxygen atoms in total. The number of aliphatic hydroxyl groups excluding tert-OH is 1. The van der Waals surface area contributed by atoms with Gasteiger partial charge in [0.15, 0.2) is 12.2 Å². The van der Waals surface area contributed by atoms with Gasteiger partial charge in [-0.05, 0) is 25.7 Å². The summed E-state index contributed by atoms with van der Waals surface area (Å²) < 4.78 is 68.0. The fourth-order valence-corrected chi connectivity index (χ4v) is 11.4. The Morgan fingerprint density at radius 2 is 0.476 bits per heavy atom.